The average molecular weight is 206 g/mol. The first-order valence-electron chi connectivity index (χ1n) is 4.56. The fraction of sp³-hybridized carbons (Fsp3) is 0.333. The molecule has 0 atom stereocenters. The van der Waals surface area contributed by atoms with Crippen LogP contribution >= 0.6 is 0 Å². The summed E-state index contributed by atoms with van der Waals surface area (Å²) in [5.74, 6) is 0. The standard InChI is InChI=1S/C9H10N4O2/c1-6(2)12-5-11-8-3-7(13(14)15)4-10-9(8)12/h3-6H,1-2H3. The van der Waals surface area contributed by atoms with E-state index in [9.17, 15) is 10.1 Å². The third-order valence-electron chi connectivity index (χ3n) is 2.17. The van der Waals surface area contributed by atoms with Gasteiger partial charge in [0.05, 0.1) is 11.3 Å². The van der Waals surface area contributed by atoms with Gasteiger partial charge in [0, 0.05) is 12.1 Å². The SMILES string of the molecule is CC(C)n1cnc2cc([N+](=O)[O-])cnc21. The maximum Gasteiger partial charge on any atom is 0.289 e. The summed E-state index contributed by atoms with van der Waals surface area (Å²) in [7, 11) is 0. The summed E-state index contributed by atoms with van der Waals surface area (Å²) in [5.41, 5.74) is 1.20. The average Bonchev–Trinajstić information content (AvgIpc) is 2.59. The fourth-order valence-corrected chi connectivity index (χ4v) is 1.39. The Morgan fingerprint density at radius 1 is 1.47 bits per heavy atom. The van der Waals surface area contributed by atoms with Crippen LogP contribution in [0.25, 0.3) is 11.2 Å². The van der Waals surface area contributed by atoms with Crippen molar-refractivity contribution in [1.29, 1.82) is 0 Å². The summed E-state index contributed by atoms with van der Waals surface area (Å²) >= 11 is 0. The van der Waals surface area contributed by atoms with E-state index in [1.807, 2.05) is 18.4 Å². The normalized spacial score (nSPS) is 11.1. The van der Waals surface area contributed by atoms with Crippen molar-refractivity contribution in [2.75, 3.05) is 0 Å². The minimum absolute atomic E-state index is 0.0310. The number of aromatic nitrogens is 3. The van der Waals surface area contributed by atoms with E-state index in [1.54, 1.807) is 6.33 Å². The van der Waals surface area contributed by atoms with Gasteiger partial charge in [0.2, 0.25) is 0 Å². The molecule has 2 heterocycles. The van der Waals surface area contributed by atoms with Gasteiger partial charge in [-0.3, -0.25) is 10.1 Å². The van der Waals surface area contributed by atoms with E-state index in [2.05, 4.69) is 9.97 Å². The molecule has 0 radical (unpaired) electrons. The molecule has 78 valence electrons. The molecule has 0 saturated heterocycles. The summed E-state index contributed by atoms with van der Waals surface area (Å²) in [6.07, 6.45) is 2.90. The second kappa shape index (κ2) is 3.30. The van der Waals surface area contributed by atoms with Crippen molar-refractivity contribution in [3.8, 4) is 0 Å². The Morgan fingerprint density at radius 3 is 2.80 bits per heavy atom. The van der Waals surface area contributed by atoms with Gasteiger partial charge in [-0.2, -0.15) is 0 Å². The molecular formula is C9H10N4O2. The summed E-state index contributed by atoms with van der Waals surface area (Å²) in [6.45, 7) is 4.01. The largest absolute Gasteiger partial charge is 0.313 e. The lowest BCUT2D eigenvalue weighted by molar-refractivity contribution is -0.385. The second-order valence-corrected chi connectivity index (χ2v) is 3.54. The van der Waals surface area contributed by atoms with Crippen LogP contribution in [0.4, 0.5) is 5.69 Å². The first kappa shape index (κ1) is 9.57. The highest BCUT2D eigenvalue weighted by Crippen LogP contribution is 2.19. The molecule has 15 heavy (non-hydrogen) atoms. The lowest BCUT2D eigenvalue weighted by Gasteiger charge is -2.05. The van der Waals surface area contributed by atoms with E-state index in [4.69, 9.17) is 0 Å². The van der Waals surface area contributed by atoms with Gasteiger partial charge in [0.25, 0.3) is 5.69 Å². The van der Waals surface area contributed by atoms with Gasteiger partial charge in [-0.25, -0.2) is 9.97 Å². The Hall–Kier alpha value is -1.98. The van der Waals surface area contributed by atoms with Crippen molar-refractivity contribution in [3.63, 3.8) is 0 Å². The third-order valence-corrected chi connectivity index (χ3v) is 2.17. The van der Waals surface area contributed by atoms with Crippen molar-refractivity contribution in [1.82, 2.24) is 14.5 Å². The molecule has 2 aromatic rings. The van der Waals surface area contributed by atoms with E-state index in [-0.39, 0.29) is 11.7 Å². The van der Waals surface area contributed by atoms with Crippen LogP contribution in [0, 0.1) is 10.1 Å². The number of nitrogens with zero attached hydrogens (tertiary/aromatic N) is 4. The van der Waals surface area contributed by atoms with Crippen LogP contribution in [0.5, 0.6) is 0 Å². The number of nitro groups is 1. The zero-order chi connectivity index (χ0) is 11.0. The zero-order valence-corrected chi connectivity index (χ0v) is 8.41. The topological polar surface area (TPSA) is 73.8 Å². The molecule has 0 bridgehead atoms. The van der Waals surface area contributed by atoms with Crippen molar-refractivity contribution in [2.45, 2.75) is 19.9 Å². The van der Waals surface area contributed by atoms with Gasteiger partial charge < -0.3 is 4.57 Å². The molecule has 0 aromatic carbocycles. The number of hydrogen-bond donors (Lipinski definition) is 0. The van der Waals surface area contributed by atoms with Gasteiger partial charge >= 0.3 is 0 Å². The molecule has 6 nitrogen and oxygen atoms in total. The zero-order valence-electron chi connectivity index (χ0n) is 8.41. The monoisotopic (exact) mass is 206 g/mol. The minimum atomic E-state index is -0.471. The van der Waals surface area contributed by atoms with E-state index < -0.39 is 4.92 Å². The van der Waals surface area contributed by atoms with Crippen LogP contribution in [0.1, 0.15) is 19.9 Å². The highest BCUT2D eigenvalue weighted by molar-refractivity contribution is 5.73. The molecule has 0 unspecified atom stereocenters. The first-order valence-corrected chi connectivity index (χ1v) is 4.56. The summed E-state index contributed by atoms with van der Waals surface area (Å²) in [6, 6.07) is 1.67. The maximum atomic E-state index is 10.5. The van der Waals surface area contributed by atoms with Crippen molar-refractivity contribution in [2.24, 2.45) is 0 Å². The molecular weight excluding hydrogens is 196 g/mol. The van der Waals surface area contributed by atoms with E-state index >= 15 is 0 Å². The van der Waals surface area contributed by atoms with Crippen LogP contribution < -0.4 is 0 Å². The lowest BCUT2D eigenvalue weighted by atomic mass is 10.3. The van der Waals surface area contributed by atoms with Crippen LogP contribution in [-0.4, -0.2) is 19.5 Å². The summed E-state index contributed by atoms with van der Waals surface area (Å²) < 4.78 is 1.87. The first-order chi connectivity index (χ1) is 7.09. The quantitative estimate of drug-likeness (QED) is 0.555. The molecule has 0 aliphatic heterocycles. The molecule has 0 aliphatic rings. The second-order valence-electron chi connectivity index (χ2n) is 3.54. The van der Waals surface area contributed by atoms with Crippen molar-refractivity contribution >= 4 is 16.9 Å². The maximum absolute atomic E-state index is 10.5. The molecule has 0 aliphatic carbocycles. The molecule has 0 N–H and O–H groups in total. The molecule has 0 fully saturated rings. The van der Waals surface area contributed by atoms with Gasteiger partial charge in [0.15, 0.2) is 5.65 Å². The van der Waals surface area contributed by atoms with E-state index in [1.165, 1.54) is 12.3 Å². The van der Waals surface area contributed by atoms with Gasteiger partial charge in [-0.1, -0.05) is 0 Å². The minimum Gasteiger partial charge on any atom is -0.313 e. The lowest BCUT2D eigenvalue weighted by Crippen LogP contribution is -1.99. The molecule has 2 rings (SSSR count). The molecule has 0 spiro atoms. The summed E-state index contributed by atoms with van der Waals surface area (Å²) in [5, 5.41) is 10.5. The number of pyridine rings is 1. The van der Waals surface area contributed by atoms with Crippen LogP contribution in [-0.2, 0) is 0 Å². The predicted molar refractivity (Wildman–Crippen MR) is 54.6 cm³/mol. The Labute approximate surface area is 85.7 Å². The van der Waals surface area contributed by atoms with Gasteiger partial charge in [-0.15, -0.1) is 0 Å². The molecule has 6 heteroatoms. The molecule has 0 amide bonds. The third kappa shape index (κ3) is 1.54. The number of imidazole rings is 1. The predicted octanol–water partition coefficient (Wildman–Crippen LogP) is 1.92. The Bertz CT molecular complexity index is 518. The number of fused-ring (bicyclic) bond motifs is 1. The van der Waals surface area contributed by atoms with Crippen molar-refractivity contribution < 1.29 is 4.92 Å². The fourth-order valence-electron chi connectivity index (χ4n) is 1.39. The van der Waals surface area contributed by atoms with Crippen LogP contribution in [0.15, 0.2) is 18.6 Å². The van der Waals surface area contributed by atoms with Crippen molar-refractivity contribution in [3.05, 3.63) is 28.7 Å². The molecule has 2 aromatic heterocycles. The van der Waals surface area contributed by atoms with Crippen LogP contribution in [0.3, 0.4) is 0 Å². The van der Waals surface area contributed by atoms with E-state index in [0.717, 1.165) is 0 Å². The van der Waals surface area contributed by atoms with E-state index in [0.29, 0.717) is 11.2 Å². The Balaban J connectivity index is 2.61. The summed E-state index contributed by atoms with van der Waals surface area (Å²) in [4.78, 5) is 18.2. The molecule has 0 saturated carbocycles. The highest BCUT2D eigenvalue weighted by Gasteiger charge is 2.12. The smallest absolute Gasteiger partial charge is 0.289 e. The highest BCUT2D eigenvalue weighted by atomic mass is 16.6. The number of rotatable bonds is 2. The Morgan fingerprint density at radius 2 is 2.20 bits per heavy atom. The Kier molecular flexibility index (Phi) is 2.11. The van der Waals surface area contributed by atoms with Crippen LogP contribution in [0.2, 0.25) is 0 Å². The number of hydrogen-bond acceptors (Lipinski definition) is 4. The van der Waals surface area contributed by atoms with Gasteiger partial charge in [-0.05, 0) is 13.8 Å². The van der Waals surface area contributed by atoms with Gasteiger partial charge in [0.1, 0.15) is 11.7 Å².